The number of carbonyl (C=O) groups is 1. The first kappa shape index (κ1) is 13.9. The molecule has 1 atom stereocenters. The molecule has 0 fully saturated rings. The average molecular weight is 280 g/mol. The van der Waals surface area contributed by atoms with Gasteiger partial charge in [0.05, 0.1) is 12.2 Å². The molecule has 21 heavy (non-hydrogen) atoms. The van der Waals surface area contributed by atoms with Crippen molar-refractivity contribution in [2.75, 3.05) is 6.61 Å². The second-order valence-corrected chi connectivity index (χ2v) is 6.38. The van der Waals surface area contributed by atoms with E-state index in [2.05, 4.69) is 32.0 Å². The van der Waals surface area contributed by atoms with Crippen LogP contribution >= 0.6 is 0 Å². The van der Waals surface area contributed by atoms with E-state index in [1.807, 2.05) is 18.2 Å². The maximum atomic E-state index is 12.0. The lowest BCUT2D eigenvalue weighted by atomic mass is 9.88. The molecule has 1 aliphatic carbocycles. The van der Waals surface area contributed by atoms with Crippen molar-refractivity contribution in [1.29, 1.82) is 0 Å². The molecule has 0 heterocycles. The summed E-state index contributed by atoms with van der Waals surface area (Å²) in [6, 6.07) is 15.8. The summed E-state index contributed by atoms with van der Waals surface area (Å²) >= 11 is 0. The summed E-state index contributed by atoms with van der Waals surface area (Å²) in [5.41, 5.74) is 4.71. The van der Waals surface area contributed by atoms with Crippen molar-refractivity contribution in [2.45, 2.75) is 26.7 Å². The molecule has 0 spiro atoms. The zero-order valence-corrected chi connectivity index (χ0v) is 12.6. The zero-order valence-electron chi connectivity index (χ0n) is 12.6. The minimum atomic E-state index is -0.232. The molecule has 108 valence electrons. The molecule has 2 nitrogen and oxygen atoms in total. The lowest BCUT2D eigenvalue weighted by molar-refractivity contribution is 0.0328. The fraction of sp³-hybridized carbons (Fsp3) is 0.316. The van der Waals surface area contributed by atoms with Gasteiger partial charge in [-0.2, -0.15) is 0 Å². The van der Waals surface area contributed by atoms with E-state index in [4.69, 9.17) is 4.74 Å². The first-order valence-electron chi connectivity index (χ1n) is 7.36. The molecule has 0 amide bonds. The molecule has 2 aromatic carbocycles. The van der Waals surface area contributed by atoms with Crippen LogP contribution in [0, 0.1) is 12.3 Å². The molecule has 0 aliphatic heterocycles. The molecule has 2 heteroatoms. The second kappa shape index (κ2) is 5.36. The van der Waals surface area contributed by atoms with Crippen LogP contribution in [0.1, 0.15) is 34.0 Å². The SMILES string of the molecule is Cc1ccc2c(c1)CC(C)(COC(=O)c1ccccc1)C2. The first-order valence-corrected chi connectivity index (χ1v) is 7.36. The Balaban J connectivity index is 1.65. The fourth-order valence-corrected chi connectivity index (χ4v) is 3.07. The van der Waals surface area contributed by atoms with Gasteiger partial charge in [-0.05, 0) is 43.0 Å². The predicted molar refractivity (Wildman–Crippen MR) is 83.4 cm³/mol. The van der Waals surface area contributed by atoms with Crippen LogP contribution in [-0.4, -0.2) is 12.6 Å². The van der Waals surface area contributed by atoms with Crippen LogP contribution in [0.5, 0.6) is 0 Å². The van der Waals surface area contributed by atoms with Crippen LogP contribution in [0.2, 0.25) is 0 Å². The molecule has 0 bridgehead atoms. The van der Waals surface area contributed by atoms with Crippen molar-refractivity contribution in [2.24, 2.45) is 5.41 Å². The summed E-state index contributed by atoms with van der Waals surface area (Å²) in [6.45, 7) is 4.78. The van der Waals surface area contributed by atoms with Crippen molar-refractivity contribution in [1.82, 2.24) is 0 Å². The highest BCUT2D eigenvalue weighted by molar-refractivity contribution is 5.89. The van der Waals surface area contributed by atoms with Gasteiger partial charge in [0.2, 0.25) is 0 Å². The Hall–Kier alpha value is -2.09. The van der Waals surface area contributed by atoms with Gasteiger partial charge in [0.25, 0.3) is 0 Å². The molecular weight excluding hydrogens is 260 g/mol. The summed E-state index contributed by atoms with van der Waals surface area (Å²) < 4.78 is 5.54. The highest BCUT2D eigenvalue weighted by atomic mass is 16.5. The van der Waals surface area contributed by atoms with Crippen molar-refractivity contribution >= 4 is 5.97 Å². The summed E-state index contributed by atoms with van der Waals surface area (Å²) in [4.78, 5) is 12.0. The Kier molecular flexibility index (Phi) is 3.54. The Bertz CT molecular complexity index is 661. The molecule has 0 saturated heterocycles. The predicted octanol–water partition coefficient (Wildman–Crippen LogP) is 3.96. The third-order valence-corrected chi connectivity index (χ3v) is 4.16. The maximum absolute atomic E-state index is 12.0. The standard InChI is InChI=1S/C19H20O2/c1-14-8-9-16-11-19(2,12-17(16)10-14)13-21-18(20)15-6-4-3-5-7-15/h3-10H,11-13H2,1-2H3. The van der Waals surface area contributed by atoms with Crippen LogP contribution in [-0.2, 0) is 17.6 Å². The smallest absolute Gasteiger partial charge is 0.338 e. The van der Waals surface area contributed by atoms with Gasteiger partial charge >= 0.3 is 5.97 Å². The van der Waals surface area contributed by atoms with E-state index in [9.17, 15) is 4.79 Å². The summed E-state index contributed by atoms with van der Waals surface area (Å²) in [6.07, 6.45) is 1.96. The third kappa shape index (κ3) is 2.99. The van der Waals surface area contributed by atoms with Crippen LogP contribution in [0.3, 0.4) is 0 Å². The number of rotatable bonds is 3. The third-order valence-electron chi connectivity index (χ3n) is 4.16. The van der Waals surface area contributed by atoms with Gasteiger partial charge in [-0.25, -0.2) is 4.79 Å². The van der Waals surface area contributed by atoms with Gasteiger partial charge < -0.3 is 4.74 Å². The topological polar surface area (TPSA) is 26.3 Å². The van der Waals surface area contributed by atoms with Crippen LogP contribution in [0.4, 0.5) is 0 Å². The molecular formula is C19H20O2. The summed E-state index contributed by atoms with van der Waals surface area (Å²) in [5.74, 6) is -0.232. The van der Waals surface area contributed by atoms with Gasteiger partial charge in [-0.1, -0.05) is 48.9 Å². The van der Waals surface area contributed by atoms with Crippen molar-refractivity contribution < 1.29 is 9.53 Å². The van der Waals surface area contributed by atoms with Gasteiger partial charge in [0.1, 0.15) is 0 Å². The lowest BCUT2D eigenvalue weighted by Crippen LogP contribution is -2.25. The zero-order chi connectivity index (χ0) is 14.9. The van der Waals surface area contributed by atoms with E-state index in [1.54, 1.807) is 12.1 Å². The lowest BCUT2D eigenvalue weighted by Gasteiger charge is -2.23. The van der Waals surface area contributed by atoms with E-state index in [1.165, 1.54) is 16.7 Å². The van der Waals surface area contributed by atoms with Crippen LogP contribution in [0.15, 0.2) is 48.5 Å². The summed E-state index contributed by atoms with van der Waals surface area (Å²) in [5, 5.41) is 0. The Morgan fingerprint density at radius 1 is 1.10 bits per heavy atom. The molecule has 1 unspecified atom stereocenters. The number of benzene rings is 2. The van der Waals surface area contributed by atoms with Gasteiger partial charge in [0.15, 0.2) is 0 Å². The Morgan fingerprint density at radius 3 is 2.57 bits per heavy atom. The Labute approximate surface area is 125 Å². The number of aryl methyl sites for hydroxylation is 1. The molecule has 0 aromatic heterocycles. The first-order chi connectivity index (χ1) is 10.1. The molecule has 0 saturated carbocycles. The van der Waals surface area contributed by atoms with Crippen LogP contribution in [0.25, 0.3) is 0 Å². The van der Waals surface area contributed by atoms with E-state index in [-0.39, 0.29) is 11.4 Å². The van der Waals surface area contributed by atoms with Gasteiger partial charge in [0, 0.05) is 5.41 Å². The largest absolute Gasteiger partial charge is 0.461 e. The molecule has 3 rings (SSSR count). The van der Waals surface area contributed by atoms with E-state index in [0.29, 0.717) is 12.2 Å². The minimum absolute atomic E-state index is 0.0145. The second-order valence-electron chi connectivity index (χ2n) is 6.38. The maximum Gasteiger partial charge on any atom is 0.338 e. The average Bonchev–Trinajstić information content (AvgIpc) is 2.81. The molecule has 0 radical (unpaired) electrons. The van der Waals surface area contributed by atoms with Gasteiger partial charge in [-0.3, -0.25) is 0 Å². The molecule has 2 aromatic rings. The van der Waals surface area contributed by atoms with Crippen LogP contribution < -0.4 is 0 Å². The molecule has 1 aliphatic rings. The number of carbonyl (C=O) groups excluding carboxylic acids is 1. The van der Waals surface area contributed by atoms with E-state index < -0.39 is 0 Å². The fourth-order valence-electron chi connectivity index (χ4n) is 3.07. The number of hydrogen-bond donors (Lipinski definition) is 0. The van der Waals surface area contributed by atoms with E-state index in [0.717, 1.165) is 12.8 Å². The number of esters is 1. The summed E-state index contributed by atoms with van der Waals surface area (Å²) in [7, 11) is 0. The molecule has 0 N–H and O–H groups in total. The normalized spacial score (nSPS) is 20.1. The van der Waals surface area contributed by atoms with Crippen molar-refractivity contribution in [3.05, 3.63) is 70.8 Å². The van der Waals surface area contributed by atoms with E-state index >= 15 is 0 Å². The highest BCUT2D eigenvalue weighted by Gasteiger charge is 2.34. The Morgan fingerprint density at radius 2 is 1.81 bits per heavy atom. The number of fused-ring (bicyclic) bond motifs is 1. The minimum Gasteiger partial charge on any atom is -0.461 e. The highest BCUT2D eigenvalue weighted by Crippen LogP contribution is 2.37. The van der Waals surface area contributed by atoms with Crippen molar-refractivity contribution in [3.8, 4) is 0 Å². The van der Waals surface area contributed by atoms with Crippen molar-refractivity contribution in [3.63, 3.8) is 0 Å². The monoisotopic (exact) mass is 280 g/mol. The number of ether oxygens (including phenoxy) is 1. The quantitative estimate of drug-likeness (QED) is 0.796. The number of hydrogen-bond acceptors (Lipinski definition) is 2. The van der Waals surface area contributed by atoms with Gasteiger partial charge in [-0.15, -0.1) is 0 Å².